The maximum Gasteiger partial charge on any atom is -0.00169 e. The van der Waals surface area contributed by atoms with Crippen molar-refractivity contribution in [1.82, 2.24) is 5.32 Å². The normalized spacial score (nSPS) is 21.0. The van der Waals surface area contributed by atoms with Crippen molar-refractivity contribution >= 4 is 5.57 Å². The van der Waals surface area contributed by atoms with E-state index in [1.807, 2.05) is 6.07 Å². The minimum Gasteiger partial charge on any atom is -0.316 e. The van der Waals surface area contributed by atoms with Crippen LogP contribution in [0.25, 0.3) is 5.57 Å². The Hall–Kier alpha value is -1.08. The second-order valence-electron chi connectivity index (χ2n) is 4.03. The molecule has 1 nitrogen and oxygen atoms in total. The molecule has 1 N–H and O–H groups in total. The Bertz CT molecular complexity index is 296. The third-order valence-corrected chi connectivity index (χ3v) is 2.88. The fraction of sp³-hybridized carbons (Fsp3) is 0.385. The highest BCUT2D eigenvalue weighted by Gasteiger charge is 2.15. The van der Waals surface area contributed by atoms with E-state index in [4.69, 9.17) is 0 Å². The molecule has 14 heavy (non-hydrogen) atoms. The van der Waals surface area contributed by atoms with Gasteiger partial charge in [-0.3, -0.25) is 0 Å². The summed E-state index contributed by atoms with van der Waals surface area (Å²) in [4.78, 5) is 0. The van der Waals surface area contributed by atoms with E-state index in [9.17, 15) is 0 Å². The van der Waals surface area contributed by atoms with Crippen molar-refractivity contribution in [3.8, 4) is 0 Å². The Kier molecular flexibility index (Phi) is 3.00. The lowest BCUT2D eigenvalue weighted by atomic mass is 9.95. The van der Waals surface area contributed by atoms with E-state index in [-0.39, 0.29) is 0 Å². The molecule has 0 aromatic heterocycles. The van der Waals surface area contributed by atoms with Crippen LogP contribution in [0.15, 0.2) is 36.9 Å². The van der Waals surface area contributed by atoms with E-state index in [1.54, 1.807) is 0 Å². The van der Waals surface area contributed by atoms with Crippen molar-refractivity contribution in [2.24, 2.45) is 5.92 Å². The Morgan fingerprint density at radius 3 is 2.79 bits per heavy atom. The number of hydrogen-bond acceptors (Lipinski definition) is 1. The molecule has 1 aromatic carbocycles. The van der Waals surface area contributed by atoms with Crippen molar-refractivity contribution in [2.75, 3.05) is 13.1 Å². The summed E-state index contributed by atoms with van der Waals surface area (Å²) in [5.74, 6) is 0.794. The predicted molar refractivity (Wildman–Crippen MR) is 61.1 cm³/mol. The third-order valence-electron chi connectivity index (χ3n) is 2.88. The van der Waals surface area contributed by atoms with Gasteiger partial charge in [0.05, 0.1) is 0 Å². The van der Waals surface area contributed by atoms with Gasteiger partial charge in [0.25, 0.3) is 0 Å². The standard InChI is InChI=1S/C13H17N/c1-11(9-12-7-8-14-10-12)13-5-3-2-4-6-13/h2-6,12,14H,1,7-10H2. The molecule has 1 unspecified atom stereocenters. The van der Waals surface area contributed by atoms with Crippen LogP contribution in [0.5, 0.6) is 0 Å². The molecule has 0 spiro atoms. The zero-order chi connectivity index (χ0) is 9.80. The van der Waals surface area contributed by atoms with Gasteiger partial charge in [-0.1, -0.05) is 36.9 Å². The Balaban J connectivity index is 1.95. The van der Waals surface area contributed by atoms with Gasteiger partial charge in [0.1, 0.15) is 0 Å². The maximum atomic E-state index is 4.16. The molecule has 1 saturated heterocycles. The minimum absolute atomic E-state index is 0.794. The molecule has 0 aliphatic carbocycles. The van der Waals surface area contributed by atoms with Gasteiger partial charge >= 0.3 is 0 Å². The van der Waals surface area contributed by atoms with Gasteiger partial charge in [0, 0.05) is 0 Å². The second-order valence-corrected chi connectivity index (χ2v) is 4.03. The van der Waals surface area contributed by atoms with Crippen LogP contribution in [0, 0.1) is 5.92 Å². The summed E-state index contributed by atoms with van der Waals surface area (Å²) in [6.45, 7) is 6.49. The highest BCUT2D eigenvalue weighted by molar-refractivity contribution is 5.63. The summed E-state index contributed by atoms with van der Waals surface area (Å²) in [5.41, 5.74) is 2.57. The average molecular weight is 187 g/mol. The van der Waals surface area contributed by atoms with Gasteiger partial charge in [-0.15, -0.1) is 0 Å². The first kappa shape index (κ1) is 9.47. The lowest BCUT2D eigenvalue weighted by Gasteiger charge is -2.10. The molecule has 1 aliphatic rings. The number of allylic oxidation sites excluding steroid dienone is 1. The molecular weight excluding hydrogens is 170 g/mol. The first-order valence-electron chi connectivity index (χ1n) is 5.30. The lowest BCUT2D eigenvalue weighted by Crippen LogP contribution is -2.09. The van der Waals surface area contributed by atoms with E-state index in [2.05, 4.69) is 36.2 Å². The van der Waals surface area contributed by atoms with Crippen LogP contribution in [-0.4, -0.2) is 13.1 Å². The van der Waals surface area contributed by atoms with Crippen molar-refractivity contribution in [3.05, 3.63) is 42.5 Å². The van der Waals surface area contributed by atoms with Gasteiger partial charge in [-0.2, -0.15) is 0 Å². The minimum atomic E-state index is 0.794. The van der Waals surface area contributed by atoms with E-state index in [0.29, 0.717) is 0 Å². The Labute approximate surface area is 85.8 Å². The van der Waals surface area contributed by atoms with Crippen LogP contribution in [0.2, 0.25) is 0 Å². The molecule has 1 heteroatoms. The van der Waals surface area contributed by atoms with Crippen LogP contribution in [-0.2, 0) is 0 Å². The first-order chi connectivity index (χ1) is 6.86. The van der Waals surface area contributed by atoms with E-state index >= 15 is 0 Å². The highest BCUT2D eigenvalue weighted by atomic mass is 14.9. The Morgan fingerprint density at radius 1 is 1.36 bits per heavy atom. The van der Waals surface area contributed by atoms with Crippen molar-refractivity contribution in [3.63, 3.8) is 0 Å². The summed E-state index contributed by atoms with van der Waals surface area (Å²) in [5, 5.41) is 3.39. The summed E-state index contributed by atoms with van der Waals surface area (Å²) in [6.07, 6.45) is 2.43. The van der Waals surface area contributed by atoms with Crippen molar-refractivity contribution in [2.45, 2.75) is 12.8 Å². The SMILES string of the molecule is C=C(CC1CCNC1)c1ccccc1. The molecule has 0 saturated carbocycles. The van der Waals surface area contributed by atoms with Crippen LogP contribution >= 0.6 is 0 Å². The van der Waals surface area contributed by atoms with E-state index in [0.717, 1.165) is 18.9 Å². The Morgan fingerprint density at radius 2 is 2.14 bits per heavy atom. The van der Waals surface area contributed by atoms with E-state index < -0.39 is 0 Å². The average Bonchev–Trinajstić information content (AvgIpc) is 2.72. The van der Waals surface area contributed by atoms with Gasteiger partial charge in [-0.25, -0.2) is 0 Å². The highest BCUT2D eigenvalue weighted by Crippen LogP contribution is 2.23. The van der Waals surface area contributed by atoms with Gasteiger partial charge in [0.2, 0.25) is 0 Å². The summed E-state index contributed by atoms with van der Waals surface area (Å²) in [6, 6.07) is 10.5. The predicted octanol–water partition coefficient (Wildman–Crippen LogP) is 2.70. The fourth-order valence-corrected chi connectivity index (χ4v) is 2.03. The molecule has 1 atom stereocenters. The third kappa shape index (κ3) is 2.24. The number of rotatable bonds is 3. The molecular formula is C13H17N. The molecule has 0 radical (unpaired) electrons. The molecule has 1 aromatic rings. The van der Waals surface area contributed by atoms with Gasteiger partial charge < -0.3 is 5.32 Å². The zero-order valence-electron chi connectivity index (χ0n) is 8.50. The number of hydrogen-bond donors (Lipinski definition) is 1. The molecule has 0 amide bonds. The summed E-state index contributed by atoms with van der Waals surface area (Å²) < 4.78 is 0. The first-order valence-corrected chi connectivity index (χ1v) is 5.30. The monoisotopic (exact) mass is 187 g/mol. The largest absolute Gasteiger partial charge is 0.316 e. The van der Waals surface area contributed by atoms with Gasteiger partial charge in [0.15, 0.2) is 0 Å². The van der Waals surface area contributed by atoms with Gasteiger partial charge in [-0.05, 0) is 43.0 Å². The maximum absolute atomic E-state index is 4.16. The molecule has 1 aliphatic heterocycles. The molecule has 0 bridgehead atoms. The zero-order valence-corrected chi connectivity index (χ0v) is 8.50. The summed E-state index contributed by atoms with van der Waals surface area (Å²) >= 11 is 0. The molecule has 1 heterocycles. The van der Waals surface area contributed by atoms with E-state index in [1.165, 1.54) is 24.1 Å². The fourth-order valence-electron chi connectivity index (χ4n) is 2.03. The smallest absolute Gasteiger partial charge is 0.00169 e. The van der Waals surface area contributed by atoms with Crippen molar-refractivity contribution < 1.29 is 0 Å². The number of nitrogens with one attached hydrogen (secondary N) is 1. The molecule has 74 valence electrons. The molecule has 1 fully saturated rings. The summed E-state index contributed by atoms with van der Waals surface area (Å²) in [7, 11) is 0. The van der Waals surface area contributed by atoms with Crippen LogP contribution < -0.4 is 5.32 Å². The second kappa shape index (κ2) is 4.43. The van der Waals surface area contributed by atoms with Crippen LogP contribution in [0.4, 0.5) is 0 Å². The van der Waals surface area contributed by atoms with Crippen LogP contribution in [0.1, 0.15) is 18.4 Å². The molecule has 2 rings (SSSR count). The van der Waals surface area contributed by atoms with Crippen LogP contribution in [0.3, 0.4) is 0 Å². The van der Waals surface area contributed by atoms with Crippen molar-refractivity contribution in [1.29, 1.82) is 0 Å². The quantitative estimate of drug-likeness (QED) is 0.767. The lowest BCUT2D eigenvalue weighted by molar-refractivity contribution is 0.601. The number of benzene rings is 1. The topological polar surface area (TPSA) is 12.0 Å².